The zero-order chi connectivity index (χ0) is 15.3. The van der Waals surface area contributed by atoms with E-state index < -0.39 is 11.7 Å². The van der Waals surface area contributed by atoms with Crippen LogP contribution in [0.15, 0.2) is 35.1 Å². The highest BCUT2D eigenvalue weighted by molar-refractivity contribution is 5.50. The maximum absolute atomic E-state index is 12.9. The number of alkyl halides is 3. The first-order valence-electron chi connectivity index (χ1n) is 6.57. The van der Waals surface area contributed by atoms with Gasteiger partial charge in [0.15, 0.2) is 0 Å². The third-order valence-corrected chi connectivity index (χ3v) is 2.76. The van der Waals surface area contributed by atoms with Gasteiger partial charge in [-0.1, -0.05) is 6.92 Å². The lowest BCUT2D eigenvalue weighted by Gasteiger charge is -2.13. The van der Waals surface area contributed by atoms with Crippen molar-refractivity contribution in [1.82, 2.24) is 4.98 Å². The van der Waals surface area contributed by atoms with Gasteiger partial charge in [-0.25, -0.2) is 4.98 Å². The molecule has 0 aromatic carbocycles. The first-order valence-corrected chi connectivity index (χ1v) is 6.57. The largest absolute Gasteiger partial charge is 0.472 e. The predicted molar refractivity (Wildman–Crippen MR) is 74.1 cm³/mol. The van der Waals surface area contributed by atoms with Crippen molar-refractivity contribution in [2.75, 3.05) is 17.2 Å². The molecule has 0 spiro atoms. The minimum Gasteiger partial charge on any atom is -0.472 e. The van der Waals surface area contributed by atoms with Crippen LogP contribution in [0.2, 0.25) is 0 Å². The lowest BCUT2D eigenvalue weighted by molar-refractivity contribution is -0.137. The third kappa shape index (κ3) is 4.40. The van der Waals surface area contributed by atoms with E-state index in [1.807, 2.05) is 6.92 Å². The van der Waals surface area contributed by atoms with Gasteiger partial charge in [-0.15, -0.1) is 0 Å². The monoisotopic (exact) mass is 299 g/mol. The number of anilines is 2. The van der Waals surface area contributed by atoms with Gasteiger partial charge in [0, 0.05) is 18.7 Å². The summed E-state index contributed by atoms with van der Waals surface area (Å²) in [5, 5.41) is 5.74. The number of halogens is 3. The molecule has 0 aliphatic rings. The summed E-state index contributed by atoms with van der Waals surface area (Å²) in [6.07, 6.45) is -0.574. The number of pyridine rings is 1. The Balaban J connectivity index is 2.17. The van der Waals surface area contributed by atoms with E-state index in [0.717, 1.165) is 24.1 Å². The van der Waals surface area contributed by atoms with Crippen LogP contribution in [0.1, 0.15) is 24.5 Å². The van der Waals surface area contributed by atoms with E-state index in [0.29, 0.717) is 13.1 Å². The number of aromatic nitrogens is 1. The van der Waals surface area contributed by atoms with Crippen LogP contribution in [-0.4, -0.2) is 11.5 Å². The molecule has 2 heterocycles. The molecule has 0 saturated carbocycles. The van der Waals surface area contributed by atoms with Crippen LogP contribution < -0.4 is 10.6 Å². The molecule has 0 radical (unpaired) electrons. The molecule has 0 saturated heterocycles. The van der Waals surface area contributed by atoms with Crippen LogP contribution in [0.4, 0.5) is 24.8 Å². The highest BCUT2D eigenvalue weighted by atomic mass is 19.4. The summed E-state index contributed by atoms with van der Waals surface area (Å²) in [7, 11) is 0. The summed E-state index contributed by atoms with van der Waals surface area (Å²) in [6.45, 7) is 2.84. The minimum absolute atomic E-state index is 0.171. The first kappa shape index (κ1) is 15.2. The highest BCUT2D eigenvalue weighted by Crippen LogP contribution is 2.32. The third-order valence-electron chi connectivity index (χ3n) is 2.76. The predicted octanol–water partition coefficient (Wildman–Crippen LogP) is 4.13. The summed E-state index contributed by atoms with van der Waals surface area (Å²) in [4.78, 5) is 4.13. The Morgan fingerprint density at radius 3 is 2.48 bits per heavy atom. The van der Waals surface area contributed by atoms with Crippen LogP contribution in [0.5, 0.6) is 0 Å². The van der Waals surface area contributed by atoms with Crippen molar-refractivity contribution in [3.63, 3.8) is 0 Å². The molecule has 7 heteroatoms. The van der Waals surface area contributed by atoms with Gasteiger partial charge in [-0.05, 0) is 24.6 Å². The molecule has 0 bridgehead atoms. The average molecular weight is 299 g/mol. The first-order chi connectivity index (χ1) is 9.99. The highest BCUT2D eigenvalue weighted by Gasteiger charge is 2.31. The van der Waals surface area contributed by atoms with Gasteiger partial charge in [0.1, 0.15) is 11.6 Å². The molecule has 2 rings (SSSR count). The van der Waals surface area contributed by atoms with Crippen LogP contribution in [0.3, 0.4) is 0 Å². The number of nitrogens with one attached hydrogen (secondary N) is 2. The zero-order valence-corrected chi connectivity index (χ0v) is 11.5. The molecule has 2 aromatic rings. The Labute approximate surface area is 120 Å². The van der Waals surface area contributed by atoms with Gasteiger partial charge < -0.3 is 15.1 Å². The van der Waals surface area contributed by atoms with Gasteiger partial charge in [0.2, 0.25) is 0 Å². The summed E-state index contributed by atoms with van der Waals surface area (Å²) >= 11 is 0. The van der Waals surface area contributed by atoms with Crippen molar-refractivity contribution in [2.24, 2.45) is 0 Å². The van der Waals surface area contributed by atoms with Gasteiger partial charge in [-0.2, -0.15) is 13.2 Å². The molecular weight excluding hydrogens is 283 g/mol. The summed E-state index contributed by atoms with van der Waals surface area (Å²) in [5.41, 5.74) is 0.100. The Bertz CT molecular complexity index is 567. The summed E-state index contributed by atoms with van der Waals surface area (Å²) in [6, 6.07) is 3.74. The van der Waals surface area contributed by atoms with Crippen molar-refractivity contribution in [2.45, 2.75) is 26.1 Å². The topological polar surface area (TPSA) is 50.1 Å². The maximum Gasteiger partial charge on any atom is 0.416 e. The Kier molecular flexibility index (Phi) is 4.72. The lowest BCUT2D eigenvalue weighted by Crippen LogP contribution is -2.11. The van der Waals surface area contributed by atoms with Gasteiger partial charge in [-0.3, -0.25) is 0 Å². The molecule has 0 amide bonds. The molecule has 0 unspecified atom stereocenters. The van der Waals surface area contributed by atoms with Crippen molar-refractivity contribution >= 4 is 11.6 Å². The second-order valence-electron chi connectivity index (χ2n) is 4.54. The van der Waals surface area contributed by atoms with E-state index in [1.165, 1.54) is 12.5 Å². The van der Waals surface area contributed by atoms with E-state index in [-0.39, 0.29) is 11.6 Å². The standard InChI is InChI=1S/C14H16F3N3O/c1-2-4-18-12-6-11(14(15,16)17)7-13(20-12)19-8-10-3-5-21-9-10/h3,5-7,9H,2,4,8H2,1H3,(H2,18,19,20). The van der Waals surface area contributed by atoms with Crippen molar-refractivity contribution in [3.8, 4) is 0 Å². The van der Waals surface area contributed by atoms with E-state index >= 15 is 0 Å². The van der Waals surface area contributed by atoms with Gasteiger partial charge in [0.25, 0.3) is 0 Å². The van der Waals surface area contributed by atoms with Gasteiger partial charge >= 0.3 is 6.18 Å². The fourth-order valence-electron chi connectivity index (χ4n) is 1.71. The molecule has 4 nitrogen and oxygen atoms in total. The normalized spacial score (nSPS) is 11.4. The van der Waals surface area contributed by atoms with Crippen LogP contribution in [0.25, 0.3) is 0 Å². The second kappa shape index (κ2) is 6.51. The number of hydrogen-bond acceptors (Lipinski definition) is 4. The Morgan fingerprint density at radius 2 is 1.90 bits per heavy atom. The smallest absolute Gasteiger partial charge is 0.416 e. The van der Waals surface area contributed by atoms with Crippen molar-refractivity contribution in [3.05, 3.63) is 41.9 Å². The lowest BCUT2D eigenvalue weighted by atomic mass is 10.2. The fraction of sp³-hybridized carbons (Fsp3) is 0.357. The summed E-state index contributed by atoms with van der Waals surface area (Å²) in [5.74, 6) is 0.381. The van der Waals surface area contributed by atoms with E-state index in [1.54, 1.807) is 6.07 Å². The van der Waals surface area contributed by atoms with Crippen LogP contribution in [0, 0.1) is 0 Å². The number of rotatable bonds is 6. The number of hydrogen-bond donors (Lipinski definition) is 2. The molecule has 114 valence electrons. The molecule has 0 atom stereocenters. The van der Waals surface area contributed by atoms with Crippen molar-refractivity contribution < 1.29 is 17.6 Å². The minimum atomic E-state index is -4.41. The zero-order valence-electron chi connectivity index (χ0n) is 11.5. The molecule has 0 aliphatic carbocycles. The second-order valence-corrected chi connectivity index (χ2v) is 4.54. The average Bonchev–Trinajstić information content (AvgIpc) is 2.95. The van der Waals surface area contributed by atoms with Gasteiger partial charge in [0.05, 0.1) is 18.1 Å². The maximum atomic E-state index is 12.9. The molecule has 21 heavy (non-hydrogen) atoms. The molecule has 0 aliphatic heterocycles. The molecular formula is C14H16F3N3O. The van der Waals surface area contributed by atoms with Crippen LogP contribution in [-0.2, 0) is 12.7 Å². The van der Waals surface area contributed by atoms with Crippen molar-refractivity contribution in [1.29, 1.82) is 0 Å². The molecule has 2 aromatic heterocycles. The molecule has 0 fully saturated rings. The fourth-order valence-corrected chi connectivity index (χ4v) is 1.71. The summed E-state index contributed by atoms with van der Waals surface area (Å²) < 4.78 is 43.6. The molecule has 2 N–H and O–H groups in total. The van der Waals surface area contributed by atoms with E-state index in [9.17, 15) is 13.2 Å². The van der Waals surface area contributed by atoms with E-state index in [2.05, 4.69) is 15.6 Å². The number of furan rings is 1. The number of nitrogens with zero attached hydrogens (tertiary/aromatic N) is 1. The Hall–Kier alpha value is -2.18. The SMILES string of the molecule is CCCNc1cc(C(F)(F)F)cc(NCc2ccoc2)n1. The Morgan fingerprint density at radius 1 is 1.19 bits per heavy atom. The van der Waals surface area contributed by atoms with Crippen LogP contribution >= 0.6 is 0 Å². The van der Waals surface area contributed by atoms with E-state index in [4.69, 9.17) is 4.42 Å². The quantitative estimate of drug-likeness (QED) is 0.842.